The normalized spacial score (nSPS) is 17.0. The number of likely N-dealkylation sites (tertiary alicyclic amines) is 1. The Morgan fingerprint density at radius 1 is 0.857 bits per heavy atom. The van der Waals surface area contributed by atoms with E-state index in [1.54, 1.807) is 29.8 Å². The molecule has 3 nitrogen and oxygen atoms in total. The van der Waals surface area contributed by atoms with Gasteiger partial charge in [0.1, 0.15) is 11.6 Å². The molecule has 0 radical (unpaired) electrons. The van der Waals surface area contributed by atoms with Crippen LogP contribution < -0.4 is 5.32 Å². The minimum atomic E-state index is -0.603. The van der Waals surface area contributed by atoms with Gasteiger partial charge in [-0.2, -0.15) is 0 Å². The average molecular weight is 475 g/mol. The minimum absolute atomic E-state index is 0.150. The number of halogens is 2. The van der Waals surface area contributed by atoms with Gasteiger partial charge in [0.2, 0.25) is 5.91 Å². The predicted octanol–water partition coefficient (Wildman–Crippen LogP) is 5.58. The third kappa shape index (κ3) is 5.15. The van der Waals surface area contributed by atoms with E-state index < -0.39 is 5.92 Å². The molecular weight excluding hydrogens is 442 g/mol. The van der Waals surface area contributed by atoms with E-state index in [0.717, 1.165) is 26.1 Å². The van der Waals surface area contributed by atoms with Gasteiger partial charge in [0.25, 0.3) is 0 Å². The van der Waals surface area contributed by atoms with Gasteiger partial charge in [-0.3, -0.25) is 4.79 Å². The van der Waals surface area contributed by atoms with Crippen molar-refractivity contribution < 1.29 is 13.6 Å². The zero-order valence-electron chi connectivity index (χ0n) is 20.0. The summed E-state index contributed by atoms with van der Waals surface area (Å²) < 4.78 is 26.9. The molecule has 1 aliphatic carbocycles. The zero-order valence-corrected chi connectivity index (χ0v) is 20.0. The highest BCUT2D eigenvalue weighted by atomic mass is 19.1. The monoisotopic (exact) mass is 474 g/mol. The van der Waals surface area contributed by atoms with Gasteiger partial charge < -0.3 is 10.2 Å². The van der Waals surface area contributed by atoms with Gasteiger partial charge in [-0.1, -0.05) is 48.5 Å². The van der Waals surface area contributed by atoms with Crippen molar-refractivity contribution in [2.45, 2.75) is 43.4 Å². The molecule has 5 heteroatoms. The predicted molar refractivity (Wildman–Crippen MR) is 134 cm³/mol. The number of rotatable bonds is 7. The van der Waals surface area contributed by atoms with Crippen molar-refractivity contribution in [1.82, 2.24) is 10.2 Å². The molecule has 0 aromatic heterocycles. The van der Waals surface area contributed by atoms with E-state index in [1.807, 2.05) is 0 Å². The van der Waals surface area contributed by atoms with Gasteiger partial charge in [-0.05, 0) is 104 Å². The smallest absolute Gasteiger partial charge is 0.232 e. The Morgan fingerprint density at radius 2 is 1.46 bits per heavy atom. The van der Waals surface area contributed by atoms with E-state index in [1.165, 1.54) is 55.5 Å². The molecule has 1 N–H and O–H groups in total. The number of nitrogens with zero attached hydrogens (tertiary/aromatic N) is 1. The summed E-state index contributed by atoms with van der Waals surface area (Å²) in [5, 5.41) is 3.06. The Balaban J connectivity index is 1.14. The lowest BCUT2D eigenvalue weighted by Crippen LogP contribution is -2.42. The van der Waals surface area contributed by atoms with Gasteiger partial charge >= 0.3 is 0 Å². The maximum Gasteiger partial charge on any atom is 0.232 e. The summed E-state index contributed by atoms with van der Waals surface area (Å²) in [5.74, 6) is -1.45. The summed E-state index contributed by atoms with van der Waals surface area (Å²) in [7, 11) is 0. The lowest BCUT2D eigenvalue weighted by Gasteiger charge is -2.40. The van der Waals surface area contributed by atoms with Crippen LogP contribution in [0.1, 0.15) is 53.9 Å². The van der Waals surface area contributed by atoms with Crippen molar-refractivity contribution in [2.75, 3.05) is 26.2 Å². The number of nitrogens with one attached hydrogen (secondary N) is 1. The first-order chi connectivity index (χ1) is 17.0. The van der Waals surface area contributed by atoms with Gasteiger partial charge in [0.05, 0.1) is 5.92 Å². The van der Waals surface area contributed by atoms with Crippen LogP contribution >= 0.6 is 0 Å². The second kappa shape index (κ2) is 10.3. The van der Waals surface area contributed by atoms with Crippen LogP contribution in [-0.4, -0.2) is 37.0 Å². The zero-order chi connectivity index (χ0) is 24.3. The molecule has 0 bridgehead atoms. The van der Waals surface area contributed by atoms with E-state index in [9.17, 15) is 13.6 Å². The molecule has 182 valence electrons. The highest BCUT2D eigenvalue weighted by Crippen LogP contribution is 2.46. The lowest BCUT2D eigenvalue weighted by molar-refractivity contribution is -0.121. The summed E-state index contributed by atoms with van der Waals surface area (Å²) in [5.41, 5.74) is 4.83. The van der Waals surface area contributed by atoms with Crippen LogP contribution in [0.25, 0.3) is 0 Å². The summed E-state index contributed by atoms with van der Waals surface area (Å²) in [6.45, 7) is 3.71. The molecule has 2 aliphatic rings. The van der Waals surface area contributed by atoms with Crippen LogP contribution in [0.3, 0.4) is 0 Å². The van der Waals surface area contributed by atoms with Crippen LogP contribution in [-0.2, 0) is 16.6 Å². The molecular formula is C30H32F2N2O. The Hall–Kier alpha value is -3.05. The molecule has 0 atom stereocenters. The number of amides is 1. The van der Waals surface area contributed by atoms with Crippen LogP contribution in [0.15, 0.2) is 72.8 Å². The highest BCUT2D eigenvalue weighted by molar-refractivity contribution is 5.87. The number of piperidine rings is 1. The third-order valence-corrected chi connectivity index (χ3v) is 7.89. The highest BCUT2D eigenvalue weighted by Gasteiger charge is 2.40. The van der Waals surface area contributed by atoms with Gasteiger partial charge in [0.15, 0.2) is 0 Å². The topological polar surface area (TPSA) is 32.3 Å². The van der Waals surface area contributed by atoms with Gasteiger partial charge in [0, 0.05) is 6.54 Å². The Morgan fingerprint density at radius 3 is 2.09 bits per heavy atom. The molecule has 3 aromatic carbocycles. The second-order valence-corrected chi connectivity index (χ2v) is 9.96. The van der Waals surface area contributed by atoms with E-state index >= 15 is 0 Å². The third-order valence-electron chi connectivity index (χ3n) is 7.89. The number of fused-ring (bicyclic) bond motifs is 2. The van der Waals surface area contributed by atoms with Crippen LogP contribution in [0.4, 0.5) is 8.78 Å². The molecule has 35 heavy (non-hydrogen) atoms. The fourth-order valence-electron chi connectivity index (χ4n) is 5.91. The lowest BCUT2D eigenvalue weighted by atomic mass is 9.74. The fraction of sp³-hybridized carbons (Fsp3) is 0.367. The van der Waals surface area contributed by atoms with Crippen molar-refractivity contribution >= 4 is 5.91 Å². The standard InChI is InChI=1S/C30H32F2N2O/c31-25-10-6-23(7-11-25)28(24-8-12-26(32)13-9-24)29(35)33-18-3-19-34-20-16-30(17-21-34)15-14-22-4-1-2-5-27(22)30/h1-2,4-13,28H,3,14-21H2,(H,33,35). The van der Waals surface area contributed by atoms with E-state index in [4.69, 9.17) is 0 Å². The van der Waals surface area contributed by atoms with Crippen molar-refractivity contribution in [1.29, 1.82) is 0 Å². The molecule has 1 aliphatic heterocycles. The SMILES string of the molecule is O=C(NCCCN1CCC2(CCc3ccccc32)CC1)C(c1ccc(F)cc1)c1ccc(F)cc1. The Labute approximate surface area is 206 Å². The van der Waals surface area contributed by atoms with Gasteiger partial charge in [-0.15, -0.1) is 0 Å². The quantitative estimate of drug-likeness (QED) is 0.453. The average Bonchev–Trinajstić information content (AvgIpc) is 3.24. The van der Waals surface area contributed by atoms with E-state index in [-0.39, 0.29) is 17.5 Å². The largest absolute Gasteiger partial charge is 0.355 e. The molecule has 1 amide bonds. The maximum atomic E-state index is 13.4. The van der Waals surface area contributed by atoms with Gasteiger partial charge in [-0.25, -0.2) is 8.78 Å². The second-order valence-electron chi connectivity index (χ2n) is 9.96. The first-order valence-electron chi connectivity index (χ1n) is 12.6. The maximum absolute atomic E-state index is 13.4. The first-order valence-corrected chi connectivity index (χ1v) is 12.6. The number of carbonyl (C=O) groups excluding carboxylic acids is 1. The molecule has 1 heterocycles. The molecule has 1 fully saturated rings. The first kappa shape index (κ1) is 23.7. The molecule has 1 spiro atoms. The van der Waals surface area contributed by atoms with Crippen molar-refractivity contribution in [3.05, 3.63) is 107 Å². The number of hydrogen-bond acceptors (Lipinski definition) is 2. The number of carbonyl (C=O) groups is 1. The number of aryl methyl sites for hydroxylation is 1. The van der Waals surface area contributed by atoms with Crippen LogP contribution in [0.2, 0.25) is 0 Å². The van der Waals surface area contributed by atoms with E-state index in [2.05, 4.69) is 34.5 Å². The van der Waals surface area contributed by atoms with Crippen molar-refractivity contribution in [2.24, 2.45) is 0 Å². The minimum Gasteiger partial charge on any atom is -0.355 e. The molecule has 3 aromatic rings. The summed E-state index contributed by atoms with van der Waals surface area (Å²) >= 11 is 0. The molecule has 5 rings (SSSR count). The van der Waals surface area contributed by atoms with Crippen molar-refractivity contribution in [3.63, 3.8) is 0 Å². The Kier molecular flexibility index (Phi) is 6.96. The summed E-state index contributed by atoms with van der Waals surface area (Å²) in [6.07, 6.45) is 5.74. The van der Waals surface area contributed by atoms with E-state index in [0.29, 0.717) is 23.1 Å². The summed E-state index contributed by atoms with van der Waals surface area (Å²) in [4.78, 5) is 15.6. The molecule has 0 unspecified atom stereocenters. The Bertz CT molecular complexity index is 1110. The number of benzene rings is 3. The summed E-state index contributed by atoms with van der Waals surface area (Å²) in [6, 6.07) is 20.8. The molecule has 1 saturated heterocycles. The molecule has 0 saturated carbocycles. The van der Waals surface area contributed by atoms with Crippen molar-refractivity contribution in [3.8, 4) is 0 Å². The fourth-order valence-corrected chi connectivity index (χ4v) is 5.91. The van der Waals surface area contributed by atoms with Crippen LogP contribution in [0, 0.1) is 11.6 Å². The van der Waals surface area contributed by atoms with Crippen LogP contribution in [0.5, 0.6) is 0 Å². The number of hydrogen-bond donors (Lipinski definition) is 1.